The number of allylic oxidation sites excluding steroid dienone is 1. The Labute approximate surface area is 141 Å². The number of nitrogens with zero attached hydrogens (tertiary/aromatic N) is 1. The molecule has 1 N–H and O–H groups in total. The highest BCUT2D eigenvalue weighted by atomic mass is 32.2. The Kier molecular flexibility index (Phi) is 5.34. The van der Waals surface area contributed by atoms with Gasteiger partial charge in [0.25, 0.3) is 5.56 Å². The highest BCUT2D eigenvalue weighted by Crippen LogP contribution is 2.32. The first-order chi connectivity index (χ1) is 11.3. The Morgan fingerprint density at radius 2 is 2.00 bits per heavy atom. The zero-order valence-corrected chi connectivity index (χ0v) is 14.1. The summed E-state index contributed by atoms with van der Waals surface area (Å²) in [7, 11) is 0. The topological polar surface area (TPSA) is 45.8 Å². The molecule has 0 saturated heterocycles. The minimum atomic E-state index is -0.0219. The predicted octanol–water partition coefficient (Wildman–Crippen LogP) is 4.12. The zero-order valence-electron chi connectivity index (χ0n) is 13.3. The van der Waals surface area contributed by atoms with Gasteiger partial charge in [0, 0.05) is 17.2 Å². The summed E-state index contributed by atoms with van der Waals surface area (Å²) in [5.74, 6) is 0. The molecular weight excluding hydrogens is 304 g/mol. The van der Waals surface area contributed by atoms with Crippen LogP contribution < -0.4 is 5.56 Å². The van der Waals surface area contributed by atoms with Crippen LogP contribution in [0.4, 0.5) is 0 Å². The number of rotatable bonds is 6. The van der Waals surface area contributed by atoms with Gasteiger partial charge in [-0.05, 0) is 24.8 Å². The van der Waals surface area contributed by atoms with E-state index in [4.69, 9.17) is 4.98 Å². The Balaban J connectivity index is 1.91. The van der Waals surface area contributed by atoms with Crippen LogP contribution in [-0.4, -0.2) is 15.2 Å². The van der Waals surface area contributed by atoms with Crippen molar-refractivity contribution in [3.63, 3.8) is 0 Å². The van der Waals surface area contributed by atoms with Gasteiger partial charge >= 0.3 is 0 Å². The van der Waals surface area contributed by atoms with E-state index in [2.05, 4.69) is 23.7 Å². The van der Waals surface area contributed by atoms with E-state index in [1.54, 1.807) is 17.8 Å². The summed E-state index contributed by atoms with van der Waals surface area (Å²) in [6, 6.07) is 10.2. The third kappa shape index (κ3) is 4.14. The molecule has 4 heteroatoms. The second-order valence-corrected chi connectivity index (χ2v) is 7.26. The van der Waals surface area contributed by atoms with Crippen molar-refractivity contribution >= 4 is 11.8 Å². The Bertz CT molecular complexity index is 718. The number of benzene rings is 1. The molecular formula is C19H22N2OS. The molecule has 3 rings (SSSR count). The van der Waals surface area contributed by atoms with Crippen LogP contribution in [-0.2, 0) is 12.8 Å². The lowest BCUT2D eigenvalue weighted by molar-refractivity contribution is 0.830. The molecule has 120 valence electrons. The standard InChI is InChI=1S/C19H22N2OS/c1-2-8-16-17(13-14-9-4-3-5-10-14)20-19(21-18(16)22)23-15-11-6-7-12-15/h2-5,9-10,15H,1,6-8,11-13H2,(H,20,21,22). The molecule has 1 aliphatic rings. The molecule has 1 aromatic carbocycles. The van der Waals surface area contributed by atoms with Crippen LogP contribution in [0.2, 0.25) is 0 Å². The maximum absolute atomic E-state index is 12.5. The first-order valence-corrected chi connectivity index (χ1v) is 9.08. The van der Waals surface area contributed by atoms with Crippen LogP contribution in [0.5, 0.6) is 0 Å². The van der Waals surface area contributed by atoms with Gasteiger partial charge in [0.2, 0.25) is 0 Å². The minimum absolute atomic E-state index is 0.0219. The third-order valence-corrected chi connectivity index (χ3v) is 5.44. The van der Waals surface area contributed by atoms with Crippen molar-refractivity contribution < 1.29 is 0 Å². The molecule has 0 amide bonds. The van der Waals surface area contributed by atoms with E-state index in [1.165, 1.54) is 31.2 Å². The lowest BCUT2D eigenvalue weighted by atomic mass is 10.0. The summed E-state index contributed by atoms with van der Waals surface area (Å²) in [5.41, 5.74) is 2.76. The zero-order chi connectivity index (χ0) is 16.1. The van der Waals surface area contributed by atoms with Crippen LogP contribution in [0.25, 0.3) is 0 Å². The lowest BCUT2D eigenvalue weighted by Gasteiger charge is -2.12. The van der Waals surface area contributed by atoms with Crippen LogP contribution in [0, 0.1) is 0 Å². The van der Waals surface area contributed by atoms with Crippen LogP contribution in [0.15, 0.2) is 52.9 Å². The lowest BCUT2D eigenvalue weighted by Crippen LogP contribution is -2.19. The first kappa shape index (κ1) is 16.1. The van der Waals surface area contributed by atoms with Crippen molar-refractivity contribution in [2.45, 2.75) is 48.9 Å². The second-order valence-electron chi connectivity index (χ2n) is 5.98. The molecule has 0 bridgehead atoms. The molecule has 3 nitrogen and oxygen atoms in total. The van der Waals surface area contributed by atoms with Crippen molar-refractivity contribution in [2.75, 3.05) is 0 Å². The molecule has 0 aliphatic heterocycles. The Hall–Kier alpha value is -1.81. The van der Waals surface area contributed by atoms with Gasteiger partial charge in [-0.25, -0.2) is 4.98 Å². The Morgan fingerprint density at radius 1 is 1.26 bits per heavy atom. The molecule has 0 unspecified atom stereocenters. The maximum Gasteiger partial charge on any atom is 0.255 e. The van der Waals surface area contributed by atoms with Gasteiger partial charge in [0.1, 0.15) is 0 Å². The van der Waals surface area contributed by atoms with E-state index in [-0.39, 0.29) is 5.56 Å². The number of hydrogen-bond donors (Lipinski definition) is 1. The van der Waals surface area contributed by atoms with Gasteiger partial charge in [-0.1, -0.05) is 61.0 Å². The number of aromatic nitrogens is 2. The number of thioether (sulfide) groups is 1. The quantitative estimate of drug-likeness (QED) is 0.641. The van der Waals surface area contributed by atoms with Gasteiger partial charge in [-0.15, -0.1) is 6.58 Å². The van der Waals surface area contributed by atoms with Gasteiger partial charge < -0.3 is 4.98 Å². The SMILES string of the molecule is C=CCc1c(Cc2ccccc2)nc(SC2CCCC2)[nH]c1=O. The molecule has 0 atom stereocenters. The van der Waals surface area contributed by atoms with E-state index in [9.17, 15) is 4.79 Å². The average Bonchev–Trinajstić information content (AvgIpc) is 3.05. The van der Waals surface area contributed by atoms with Crippen molar-refractivity contribution in [3.8, 4) is 0 Å². The van der Waals surface area contributed by atoms with Crippen molar-refractivity contribution in [1.82, 2.24) is 9.97 Å². The van der Waals surface area contributed by atoms with E-state index in [0.717, 1.165) is 16.4 Å². The number of hydrogen-bond acceptors (Lipinski definition) is 3. The average molecular weight is 326 g/mol. The van der Waals surface area contributed by atoms with Gasteiger partial charge in [0.05, 0.1) is 5.69 Å². The third-order valence-electron chi connectivity index (χ3n) is 4.22. The van der Waals surface area contributed by atoms with E-state index in [1.807, 2.05) is 18.2 Å². The highest BCUT2D eigenvalue weighted by Gasteiger charge is 2.19. The van der Waals surface area contributed by atoms with E-state index >= 15 is 0 Å². The first-order valence-electron chi connectivity index (χ1n) is 8.20. The molecule has 1 aromatic heterocycles. The number of H-pyrrole nitrogens is 1. The van der Waals surface area contributed by atoms with Crippen LogP contribution in [0.1, 0.15) is 42.5 Å². The second kappa shape index (κ2) is 7.64. The maximum atomic E-state index is 12.5. The fraction of sp³-hybridized carbons (Fsp3) is 0.368. The number of nitrogens with one attached hydrogen (secondary N) is 1. The summed E-state index contributed by atoms with van der Waals surface area (Å²) in [5, 5.41) is 1.36. The summed E-state index contributed by atoms with van der Waals surface area (Å²) < 4.78 is 0. The normalized spacial score (nSPS) is 15.0. The van der Waals surface area contributed by atoms with E-state index in [0.29, 0.717) is 18.1 Å². The molecule has 1 heterocycles. The molecule has 1 aliphatic carbocycles. The Morgan fingerprint density at radius 3 is 2.70 bits per heavy atom. The molecule has 2 aromatic rings. The van der Waals surface area contributed by atoms with Crippen molar-refractivity contribution in [2.24, 2.45) is 0 Å². The predicted molar refractivity (Wildman–Crippen MR) is 96.1 cm³/mol. The highest BCUT2D eigenvalue weighted by molar-refractivity contribution is 7.99. The summed E-state index contributed by atoms with van der Waals surface area (Å²) in [6.07, 6.45) is 8.02. The fourth-order valence-corrected chi connectivity index (χ4v) is 4.23. The van der Waals surface area contributed by atoms with Crippen molar-refractivity contribution in [3.05, 3.63) is 70.2 Å². The molecule has 1 saturated carbocycles. The van der Waals surface area contributed by atoms with Gasteiger partial charge in [0.15, 0.2) is 5.16 Å². The smallest absolute Gasteiger partial charge is 0.255 e. The van der Waals surface area contributed by atoms with Crippen LogP contribution >= 0.6 is 11.8 Å². The molecule has 0 radical (unpaired) electrons. The largest absolute Gasteiger partial charge is 0.301 e. The minimum Gasteiger partial charge on any atom is -0.301 e. The summed E-state index contributed by atoms with van der Waals surface area (Å²) in [6.45, 7) is 3.77. The molecule has 1 fully saturated rings. The molecule has 23 heavy (non-hydrogen) atoms. The summed E-state index contributed by atoms with van der Waals surface area (Å²) in [4.78, 5) is 20.2. The summed E-state index contributed by atoms with van der Waals surface area (Å²) >= 11 is 1.72. The van der Waals surface area contributed by atoms with Crippen molar-refractivity contribution in [1.29, 1.82) is 0 Å². The van der Waals surface area contributed by atoms with Crippen LogP contribution in [0.3, 0.4) is 0 Å². The number of aromatic amines is 1. The van der Waals surface area contributed by atoms with Gasteiger partial charge in [-0.2, -0.15) is 0 Å². The fourth-order valence-electron chi connectivity index (χ4n) is 3.03. The van der Waals surface area contributed by atoms with Gasteiger partial charge in [-0.3, -0.25) is 4.79 Å². The van der Waals surface area contributed by atoms with E-state index < -0.39 is 0 Å². The molecule has 0 spiro atoms. The monoisotopic (exact) mass is 326 g/mol.